The summed E-state index contributed by atoms with van der Waals surface area (Å²) in [7, 11) is 0. The van der Waals surface area contributed by atoms with Crippen LogP contribution < -0.4 is 5.32 Å². The Hall–Kier alpha value is -2.18. The molecule has 5 nitrogen and oxygen atoms in total. The van der Waals surface area contributed by atoms with Crippen LogP contribution in [0.5, 0.6) is 0 Å². The van der Waals surface area contributed by atoms with Gasteiger partial charge in [0.1, 0.15) is 0 Å². The lowest BCUT2D eigenvalue weighted by Gasteiger charge is -2.03. The predicted octanol–water partition coefficient (Wildman–Crippen LogP) is 3.75. The van der Waals surface area contributed by atoms with E-state index >= 15 is 0 Å². The van der Waals surface area contributed by atoms with E-state index in [0.717, 1.165) is 10.4 Å². The number of hydrogen-bond acceptors (Lipinski definition) is 4. The lowest BCUT2D eigenvalue weighted by Crippen LogP contribution is -2.11. The third-order valence-corrected chi connectivity index (χ3v) is 3.94. The second-order valence-corrected chi connectivity index (χ2v) is 6.07. The Morgan fingerprint density at radius 2 is 2.05 bits per heavy atom. The average Bonchev–Trinajstić information content (AvgIpc) is 3.09. The molecule has 1 amide bonds. The number of aryl methyl sites for hydroxylation is 1. The third-order valence-electron chi connectivity index (χ3n) is 2.86. The van der Waals surface area contributed by atoms with Gasteiger partial charge in [0, 0.05) is 21.7 Å². The van der Waals surface area contributed by atoms with Crippen molar-refractivity contribution in [2.24, 2.45) is 0 Å². The Kier molecular flexibility index (Phi) is 3.72. The van der Waals surface area contributed by atoms with Crippen LogP contribution in [-0.2, 0) is 0 Å². The molecule has 0 aliphatic heterocycles. The summed E-state index contributed by atoms with van der Waals surface area (Å²) in [5.74, 6) is -0.247. The van der Waals surface area contributed by atoms with E-state index in [1.54, 1.807) is 18.3 Å². The van der Waals surface area contributed by atoms with Crippen LogP contribution in [0.4, 0.5) is 5.13 Å². The van der Waals surface area contributed by atoms with Crippen LogP contribution in [0, 0.1) is 6.92 Å². The molecule has 2 heterocycles. The van der Waals surface area contributed by atoms with Crippen molar-refractivity contribution in [3.63, 3.8) is 0 Å². The SMILES string of the molecule is Cc1cnc(NC(=O)c2cn[nH]c2-c2ccc(Cl)cc2)s1. The molecule has 3 aromatic rings. The minimum atomic E-state index is -0.247. The monoisotopic (exact) mass is 318 g/mol. The van der Waals surface area contributed by atoms with Gasteiger partial charge in [0.2, 0.25) is 0 Å². The number of H-pyrrole nitrogens is 1. The van der Waals surface area contributed by atoms with Crippen molar-refractivity contribution in [3.8, 4) is 11.3 Å². The molecule has 0 radical (unpaired) electrons. The molecule has 7 heteroatoms. The molecular formula is C14H11ClN4OS. The van der Waals surface area contributed by atoms with Gasteiger partial charge in [-0.1, -0.05) is 23.7 Å². The van der Waals surface area contributed by atoms with Gasteiger partial charge in [0.25, 0.3) is 5.91 Å². The molecule has 0 atom stereocenters. The number of aromatic amines is 1. The van der Waals surface area contributed by atoms with Gasteiger partial charge < -0.3 is 0 Å². The summed E-state index contributed by atoms with van der Waals surface area (Å²) in [6.07, 6.45) is 3.22. The summed E-state index contributed by atoms with van der Waals surface area (Å²) in [6.45, 7) is 1.93. The first kappa shape index (κ1) is 13.8. The fourth-order valence-corrected chi connectivity index (χ4v) is 2.66. The second kappa shape index (κ2) is 5.67. The smallest absolute Gasteiger partial charge is 0.261 e. The van der Waals surface area contributed by atoms with Gasteiger partial charge in [0.05, 0.1) is 17.5 Å². The normalized spacial score (nSPS) is 10.6. The molecule has 21 heavy (non-hydrogen) atoms. The van der Waals surface area contributed by atoms with Crippen molar-refractivity contribution >= 4 is 34.0 Å². The van der Waals surface area contributed by atoms with Crippen LogP contribution in [0.3, 0.4) is 0 Å². The number of carbonyl (C=O) groups is 1. The quantitative estimate of drug-likeness (QED) is 0.772. The molecule has 0 fully saturated rings. The summed E-state index contributed by atoms with van der Waals surface area (Å²) < 4.78 is 0. The number of nitrogens with one attached hydrogen (secondary N) is 2. The summed E-state index contributed by atoms with van der Waals surface area (Å²) in [4.78, 5) is 17.5. The van der Waals surface area contributed by atoms with Crippen LogP contribution in [0.25, 0.3) is 11.3 Å². The van der Waals surface area contributed by atoms with E-state index in [0.29, 0.717) is 21.4 Å². The van der Waals surface area contributed by atoms with Gasteiger partial charge in [-0.05, 0) is 19.1 Å². The van der Waals surface area contributed by atoms with Crippen molar-refractivity contribution in [1.82, 2.24) is 15.2 Å². The van der Waals surface area contributed by atoms with E-state index < -0.39 is 0 Å². The number of thiazole rings is 1. The first-order chi connectivity index (χ1) is 10.1. The van der Waals surface area contributed by atoms with Crippen LogP contribution in [0.15, 0.2) is 36.7 Å². The average molecular weight is 319 g/mol. The Bertz CT molecular complexity index is 778. The van der Waals surface area contributed by atoms with E-state index in [4.69, 9.17) is 11.6 Å². The largest absolute Gasteiger partial charge is 0.298 e. The standard InChI is InChI=1S/C14H11ClN4OS/c1-8-6-16-14(21-8)18-13(20)11-7-17-19-12(11)9-2-4-10(15)5-3-9/h2-7H,1H3,(H,17,19)(H,16,18,20). The molecule has 2 aromatic heterocycles. The van der Waals surface area contributed by atoms with Crippen LogP contribution in [0.2, 0.25) is 5.02 Å². The van der Waals surface area contributed by atoms with Crippen molar-refractivity contribution in [1.29, 1.82) is 0 Å². The molecule has 0 saturated heterocycles. The summed E-state index contributed by atoms with van der Waals surface area (Å²) in [6, 6.07) is 7.20. The number of halogens is 1. The summed E-state index contributed by atoms with van der Waals surface area (Å²) in [5, 5.41) is 10.8. The third kappa shape index (κ3) is 2.96. The molecule has 0 aliphatic carbocycles. The number of benzene rings is 1. The highest BCUT2D eigenvalue weighted by molar-refractivity contribution is 7.15. The van der Waals surface area contributed by atoms with Gasteiger partial charge >= 0.3 is 0 Å². The molecule has 0 bridgehead atoms. The summed E-state index contributed by atoms with van der Waals surface area (Å²) >= 11 is 7.30. The first-order valence-electron chi connectivity index (χ1n) is 6.16. The maximum atomic E-state index is 12.3. The van der Waals surface area contributed by atoms with Crippen molar-refractivity contribution in [2.75, 3.05) is 5.32 Å². The highest BCUT2D eigenvalue weighted by atomic mass is 35.5. The van der Waals surface area contributed by atoms with Crippen molar-refractivity contribution in [3.05, 3.63) is 52.1 Å². The van der Waals surface area contributed by atoms with E-state index in [-0.39, 0.29) is 5.91 Å². The zero-order valence-electron chi connectivity index (χ0n) is 11.1. The molecule has 0 aliphatic rings. The Morgan fingerprint density at radius 3 is 2.71 bits per heavy atom. The zero-order valence-corrected chi connectivity index (χ0v) is 12.6. The van der Waals surface area contributed by atoms with E-state index in [9.17, 15) is 4.79 Å². The molecule has 106 valence electrons. The Labute approximate surface area is 130 Å². The zero-order chi connectivity index (χ0) is 14.8. The number of hydrogen-bond donors (Lipinski definition) is 2. The maximum Gasteiger partial charge on any atom is 0.261 e. The number of nitrogens with zero attached hydrogens (tertiary/aromatic N) is 2. The van der Waals surface area contributed by atoms with Crippen LogP contribution >= 0.6 is 22.9 Å². The number of anilines is 1. The van der Waals surface area contributed by atoms with Crippen LogP contribution in [0.1, 0.15) is 15.2 Å². The highest BCUT2D eigenvalue weighted by Crippen LogP contribution is 2.24. The maximum absolute atomic E-state index is 12.3. The van der Waals surface area contributed by atoms with Crippen LogP contribution in [-0.4, -0.2) is 21.1 Å². The fourth-order valence-electron chi connectivity index (χ4n) is 1.87. The minimum absolute atomic E-state index is 0.247. The van der Waals surface area contributed by atoms with Gasteiger partial charge in [-0.15, -0.1) is 11.3 Å². The van der Waals surface area contributed by atoms with E-state index in [1.165, 1.54) is 17.5 Å². The second-order valence-electron chi connectivity index (χ2n) is 4.40. The molecule has 1 aromatic carbocycles. The number of aromatic nitrogens is 3. The predicted molar refractivity (Wildman–Crippen MR) is 83.8 cm³/mol. The van der Waals surface area contributed by atoms with Crippen molar-refractivity contribution < 1.29 is 4.79 Å². The molecular weight excluding hydrogens is 308 g/mol. The van der Waals surface area contributed by atoms with E-state index in [1.807, 2.05) is 19.1 Å². The number of rotatable bonds is 3. The fraction of sp³-hybridized carbons (Fsp3) is 0.0714. The number of amides is 1. The molecule has 3 rings (SSSR count). The lowest BCUT2D eigenvalue weighted by molar-refractivity contribution is 0.102. The Balaban J connectivity index is 1.88. The van der Waals surface area contributed by atoms with Gasteiger partial charge in [-0.2, -0.15) is 5.10 Å². The van der Waals surface area contributed by atoms with E-state index in [2.05, 4.69) is 20.5 Å². The van der Waals surface area contributed by atoms with Crippen molar-refractivity contribution in [2.45, 2.75) is 6.92 Å². The van der Waals surface area contributed by atoms with Gasteiger partial charge in [-0.3, -0.25) is 15.2 Å². The Morgan fingerprint density at radius 1 is 1.29 bits per heavy atom. The molecule has 2 N–H and O–H groups in total. The van der Waals surface area contributed by atoms with Gasteiger partial charge in [-0.25, -0.2) is 4.98 Å². The summed E-state index contributed by atoms with van der Waals surface area (Å²) in [5.41, 5.74) is 1.96. The first-order valence-corrected chi connectivity index (χ1v) is 7.36. The molecule has 0 unspecified atom stereocenters. The lowest BCUT2D eigenvalue weighted by atomic mass is 10.1. The minimum Gasteiger partial charge on any atom is -0.298 e. The number of carbonyl (C=O) groups excluding carboxylic acids is 1. The highest BCUT2D eigenvalue weighted by Gasteiger charge is 2.16. The topological polar surface area (TPSA) is 70.7 Å². The molecule has 0 saturated carbocycles. The van der Waals surface area contributed by atoms with Gasteiger partial charge in [0.15, 0.2) is 5.13 Å². The molecule has 0 spiro atoms.